The van der Waals surface area contributed by atoms with Crippen LogP contribution in [0.4, 0.5) is 0 Å². The van der Waals surface area contributed by atoms with Crippen molar-refractivity contribution < 1.29 is 0 Å². The summed E-state index contributed by atoms with van der Waals surface area (Å²) < 4.78 is 1.86. The standard InChI is InChI=1S/C16H16Cl2N4S/c1-8(2)22-15(11-6-5-9(3)12(17)13(11)18)20-14(21-22)16-19-10(4)7-23-16/h5-8H,1-4H3. The van der Waals surface area contributed by atoms with Gasteiger partial charge in [-0.2, -0.15) is 0 Å². The van der Waals surface area contributed by atoms with Crippen molar-refractivity contribution in [2.24, 2.45) is 0 Å². The molecule has 0 fully saturated rings. The predicted molar refractivity (Wildman–Crippen MR) is 96.4 cm³/mol. The Morgan fingerprint density at radius 3 is 2.43 bits per heavy atom. The van der Waals surface area contributed by atoms with Crippen molar-refractivity contribution in [1.29, 1.82) is 0 Å². The number of nitrogens with zero attached hydrogens (tertiary/aromatic N) is 4. The van der Waals surface area contributed by atoms with Crippen LogP contribution in [0.15, 0.2) is 17.5 Å². The number of thiazole rings is 1. The third kappa shape index (κ3) is 3.01. The maximum absolute atomic E-state index is 6.44. The quantitative estimate of drug-likeness (QED) is 0.608. The predicted octanol–water partition coefficient (Wildman–Crippen LogP) is 5.57. The van der Waals surface area contributed by atoms with Gasteiger partial charge in [-0.15, -0.1) is 16.4 Å². The summed E-state index contributed by atoms with van der Waals surface area (Å²) in [5, 5.41) is 8.46. The maximum Gasteiger partial charge on any atom is 0.210 e. The molecule has 120 valence electrons. The lowest BCUT2D eigenvalue weighted by Crippen LogP contribution is -2.05. The summed E-state index contributed by atoms with van der Waals surface area (Å²) in [6.07, 6.45) is 0. The van der Waals surface area contributed by atoms with Gasteiger partial charge >= 0.3 is 0 Å². The van der Waals surface area contributed by atoms with Crippen LogP contribution in [-0.4, -0.2) is 19.7 Å². The molecule has 0 saturated heterocycles. The van der Waals surface area contributed by atoms with Gasteiger partial charge in [-0.3, -0.25) is 0 Å². The molecule has 7 heteroatoms. The Kier molecular flexibility index (Phi) is 4.45. The minimum Gasteiger partial charge on any atom is -0.242 e. The van der Waals surface area contributed by atoms with Gasteiger partial charge in [0.05, 0.1) is 10.0 Å². The van der Waals surface area contributed by atoms with Gasteiger partial charge in [-0.1, -0.05) is 29.3 Å². The number of hydrogen-bond donors (Lipinski definition) is 0. The monoisotopic (exact) mass is 366 g/mol. The summed E-state index contributed by atoms with van der Waals surface area (Å²) in [5.74, 6) is 1.31. The topological polar surface area (TPSA) is 43.6 Å². The highest BCUT2D eigenvalue weighted by Crippen LogP contribution is 2.36. The zero-order valence-electron chi connectivity index (χ0n) is 13.3. The van der Waals surface area contributed by atoms with E-state index in [0.29, 0.717) is 21.7 Å². The largest absolute Gasteiger partial charge is 0.242 e. The van der Waals surface area contributed by atoms with Gasteiger partial charge in [0.25, 0.3) is 0 Å². The average molecular weight is 367 g/mol. The van der Waals surface area contributed by atoms with Crippen molar-refractivity contribution >= 4 is 34.5 Å². The Morgan fingerprint density at radius 1 is 1.09 bits per heavy atom. The first-order valence-corrected chi connectivity index (χ1v) is 8.86. The van der Waals surface area contributed by atoms with Gasteiger partial charge in [0.15, 0.2) is 10.8 Å². The van der Waals surface area contributed by atoms with Crippen molar-refractivity contribution in [3.63, 3.8) is 0 Å². The van der Waals surface area contributed by atoms with Crippen LogP contribution >= 0.6 is 34.5 Å². The highest BCUT2D eigenvalue weighted by atomic mass is 35.5. The summed E-state index contributed by atoms with van der Waals surface area (Å²) in [4.78, 5) is 9.14. The van der Waals surface area contributed by atoms with E-state index in [-0.39, 0.29) is 6.04 Å². The Hall–Kier alpha value is -1.43. The lowest BCUT2D eigenvalue weighted by molar-refractivity contribution is 0.539. The molecule has 3 aromatic rings. The highest BCUT2D eigenvalue weighted by Gasteiger charge is 2.20. The summed E-state index contributed by atoms with van der Waals surface area (Å²) >= 11 is 14.3. The second kappa shape index (κ2) is 6.23. The normalized spacial score (nSPS) is 11.4. The van der Waals surface area contributed by atoms with E-state index in [0.717, 1.165) is 21.8 Å². The molecule has 2 heterocycles. The zero-order chi connectivity index (χ0) is 16.7. The number of aromatic nitrogens is 4. The van der Waals surface area contributed by atoms with Crippen LogP contribution in [0, 0.1) is 13.8 Å². The molecular weight excluding hydrogens is 351 g/mol. The second-order valence-corrected chi connectivity index (χ2v) is 7.26. The Labute approximate surface area is 149 Å². The molecule has 4 nitrogen and oxygen atoms in total. The summed E-state index contributed by atoms with van der Waals surface area (Å²) in [6, 6.07) is 4.02. The molecule has 0 aliphatic heterocycles. The fourth-order valence-electron chi connectivity index (χ4n) is 2.23. The van der Waals surface area contributed by atoms with Crippen LogP contribution in [-0.2, 0) is 0 Å². The van der Waals surface area contributed by atoms with Crippen LogP contribution in [0.1, 0.15) is 31.1 Å². The van der Waals surface area contributed by atoms with E-state index < -0.39 is 0 Å². The molecule has 0 unspecified atom stereocenters. The van der Waals surface area contributed by atoms with Gasteiger partial charge in [-0.05, 0) is 39.3 Å². The zero-order valence-corrected chi connectivity index (χ0v) is 15.6. The van der Waals surface area contributed by atoms with Crippen LogP contribution in [0.3, 0.4) is 0 Å². The van der Waals surface area contributed by atoms with E-state index in [1.807, 2.05) is 36.0 Å². The SMILES string of the molecule is Cc1csc(-c2nc(-c3ccc(C)c(Cl)c3Cl)n(C(C)C)n2)n1. The van der Waals surface area contributed by atoms with Crippen molar-refractivity contribution in [3.8, 4) is 22.2 Å². The molecule has 0 saturated carbocycles. The maximum atomic E-state index is 6.44. The lowest BCUT2D eigenvalue weighted by atomic mass is 10.1. The van der Waals surface area contributed by atoms with E-state index in [2.05, 4.69) is 28.9 Å². The van der Waals surface area contributed by atoms with Gasteiger partial charge in [0.1, 0.15) is 0 Å². The molecule has 2 aromatic heterocycles. The Morgan fingerprint density at radius 2 is 1.83 bits per heavy atom. The summed E-state index contributed by atoms with van der Waals surface area (Å²) in [5.41, 5.74) is 2.68. The molecule has 0 N–H and O–H groups in total. The fourth-order valence-corrected chi connectivity index (χ4v) is 3.42. The van der Waals surface area contributed by atoms with Gasteiger partial charge in [0, 0.05) is 22.7 Å². The molecule has 0 aliphatic carbocycles. The second-order valence-electron chi connectivity index (χ2n) is 5.65. The van der Waals surface area contributed by atoms with Crippen molar-refractivity contribution in [2.75, 3.05) is 0 Å². The minimum absolute atomic E-state index is 0.142. The van der Waals surface area contributed by atoms with Gasteiger partial charge in [0.2, 0.25) is 5.82 Å². The molecule has 0 bridgehead atoms. The van der Waals surface area contributed by atoms with Crippen molar-refractivity contribution in [3.05, 3.63) is 38.8 Å². The van der Waals surface area contributed by atoms with Crippen LogP contribution in [0.2, 0.25) is 10.0 Å². The van der Waals surface area contributed by atoms with Gasteiger partial charge in [-0.25, -0.2) is 14.6 Å². The highest BCUT2D eigenvalue weighted by molar-refractivity contribution is 7.13. The van der Waals surface area contributed by atoms with Crippen LogP contribution in [0.5, 0.6) is 0 Å². The Balaban J connectivity index is 2.19. The average Bonchev–Trinajstić information content (AvgIpc) is 3.11. The first kappa shape index (κ1) is 16.4. The number of hydrogen-bond acceptors (Lipinski definition) is 4. The minimum atomic E-state index is 0.142. The molecule has 0 atom stereocenters. The molecule has 0 aliphatic rings. The smallest absolute Gasteiger partial charge is 0.210 e. The first-order valence-electron chi connectivity index (χ1n) is 7.22. The molecule has 0 spiro atoms. The summed E-state index contributed by atoms with van der Waals surface area (Å²) in [7, 11) is 0. The Bertz CT molecular complexity index is 867. The number of halogens is 2. The van der Waals surface area contributed by atoms with E-state index >= 15 is 0 Å². The van der Waals surface area contributed by atoms with Crippen LogP contribution < -0.4 is 0 Å². The lowest BCUT2D eigenvalue weighted by Gasteiger charge is -2.11. The number of rotatable bonds is 3. The third-order valence-corrected chi connectivity index (χ3v) is 5.38. The number of benzene rings is 1. The summed E-state index contributed by atoms with van der Waals surface area (Å²) in [6.45, 7) is 7.99. The van der Waals surface area contributed by atoms with Crippen molar-refractivity contribution in [1.82, 2.24) is 19.7 Å². The van der Waals surface area contributed by atoms with E-state index in [1.54, 1.807) is 0 Å². The fraction of sp³-hybridized carbons (Fsp3) is 0.312. The number of aryl methyl sites for hydroxylation is 2. The third-order valence-electron chi connectivity index (χ3n) is 3.45. The van der Waals surface area contributed by atoms with E-state index in [1.165, 1.54) is 11.3 Å². The molecule has 3 rings (SSSR count). The van der Waals surface area contributed by atoms with Crippen LogP contribution in [0.25, 0.3) is 22.2 Å². The molecule has 23 heavy (non-hydrogen) atoms. The molecule has 0 radical (unpaired) electrons. The van der Waals surface area contributed by atoms with E-state index in [4.69, 9.17) is 23.2 Å². The molecule has 0 amide bonds. The van der Waals surface area contributed by atoms with Gasteiger partial charge < -0.3 is 0 Å². The molecule has 1 aromatic carbocycles. The molecular formula is C16H16Cl2N4S. The first-order chi connectivity index (χ1) is 10.9. The van der Waals surface area contributed by atoms with Crippen molar-refractivity contribution in [2.45, 2.75) is 33.7 Å². The van der Waals surface area contributed by atoms with E-state index in [9.17, 15) is 0 Å².